The zero-order valence-corrected chi connectivity index (χ0v) is 16.8. The van der Waals surface area contributed by atoms with Gasteiger partial charge in [-0.25, -0.2) is 0 Å². The van der Waals surface area contributed by atoms with E-state index in [1.54, 1.807) is 10.7 Å². The van der Waals surface area contributed by atoms with Gasteiger partial charge in [-0.15, -0.1) is 5.10 Å². The Morgan fingerprint density at radius 3 is 2.41 bits per heavy atom. The first-order valence-corrected chi connectivity index (χ1v) is 10.00. The molecule has 1 aliphatic rings. The Morgan fingerprint density at radius 2 is 1.67 bits per heavy atom. The summed E-state index contributed by atoms with van der Waals surface area (Å²) < 4.78 is 1.73. The average Bonchev–Trinajstić information content (AvgIpc) is 3.14. The van der Waals surface area contributed by atoms with Crippen LogP contribution < -0.4 is 0 Å². The minimum atomic E-state index is -0.163. The monoisotopic (exact) mass is 421 g/mol. The molecule has 3 aromatic rings. The van der Waals surface area contributed by atoms with Crippen LogP contribution in [0.15, 0.2) is 42.5 Å². The number of aromatic nitrogens is 4. The molecule has 140 valence electrons. The van der Waals surface area contributed by atoms with E-state index in [0.29, 0.717) is 20.9 Å². The molecule has 0 N–H and O–H groups in total. The van der Waals surface area contributed by atoms with Crippen LogP contribution in [0.3, 0.4) is 0 Å². The summed E-state index contributed by atoms with van der Waals surface area (Å²) in [6.45, 7) is 1.93. The van der Waals surface area contributed by atoms with E-state index in [1.807, 2.05) is 36.4 Å². The molecule has 4 rings (SSSR count). The van der Waals surface area contributed by atoms with Gasteiger partial charge < -0.3 is 0 Å². The molecule has 5 nitrogen and oxygen atoms in total. The molecule has 2 heterocycles. The van der Waals surface area contributed by atoms with Crippen molar-refractivity contribution in [2.24, 2.45) is 0 Å². The molecule has 0 amide bonds. The fourth-order valence-corrected chi connectivity index (χ4v) is 4.25. The van der Waals surface area contributed by atoms with E-state index in [9.17, 15) is 0 Å². The van der Waals surface area contributed by atoms with E-state index in [1.165, 1.54) is 6.42 Å². The molecule has 0 radical (unpaired) electrons. The lowest BCUT2D eigenvalue weighted by Crippen LogP contribution is -2.36. The smallest absolute Gasteiger partial charge is 0.178 e. The summed E-state index contributed by atoms with van der Waals surface area (Å²) >= 11 is 18.9. The Balaban J connectivity index is 1.83. The largest absolute Gasteiger partial charge is 0.290 e. The normalized spacial score (nSPS) is 16.4. The topological polar surface area (TPSA) is 46.8 Å². The van der Waals surface area contributed by atoms with Crippen molar-refractivity contribution in [3.63, 3.8) is 0 Å². The number of hydrogen-bond acceptors (Lipinski definition) is 4. The summed E-state index contributed by atoms with van der Waals surface area (Å²) in [5.41, 5.74) is 1.76. The second-order valence-corrected chi connectivity index (χ2v) is 7.87. The van der Waals surface area contributed by atoms with Gasteiger partial charge in [0.2, 0.25) is 0 Å². The van der Waals surface area contributed by atoms with Crippen molar-refractivity contribution >= 4 is 34.8 Å². The summed E-state index contributed by atoms with van der Waals surface area (Å²) in [5.74, 6) is 0.711. The fraction of sp³-hybridized carbons (Fsp3) is 0.316. The zero-order chi connectivity index (χ0) is 18.8. The van der Waals surface area contributed by atoms with E-state index < -0.39 is 0 Å². The van der Waals surface area contributed by atoms with Crippen LogP contribution in [0.1, 0.15) is 36.7 Å². The number of halogens is 3. The van der Waals surface area contributed by atoms with E-state index in [-0.39, 0.29) is 6.04 Å². The van der Waals surface area contributed by atoms with Crippen molar-refractivity contribution in [3.8, 4) is 5.69 Å². The van der Waals surface area contributed by atoms with Crippen molar-refractivity contribution in [2.75, 3.05) is 13.1 Å². The van der Waals surface area contributed by atoms with E-state index in [2.05, 4.69) is 20.4 Å². The predicted octanol–water partition coefficient (Wildman–Crippen LogP) is 5.20. The molecule has 0 saturated carbocycles. The second kappa shape index (κ2) is 8.15. The number of rotatable bonds is 4. The molecule has 0 unspecified atom stereocenters. The van der Waals surface area contributed by atoms with Gasteiger partial charge in [0.05, 0.1) is 11.7 Å². The van der Waals surface area contributed by atoms with Gasteiger partial charge in [0.15, 0.2) is 5.82 Å². The van der Waals surface area contributed by atoms with Crippen molar-refractivity contribution in [1.82, 2.24) is 25.1 Å². The minimum absolute atomic E-state index is 0.163. The molecule has 2 aromatic carbocycles. The number of hydrogen-bond donors (Lipinski definition) is 0. The van der Waals surface area contributed by atoms with Crippen LogP contribution in [-0.4, -0.2) is 38.2 Å². The Kier molecular flexibility index (Phi) is 5.64. The number of tetrazole rings is 1. The molecule has 0 bridgehead atoms. The molecule has 0 spiro atoms. The molecular weight excluding hydrogens is 405 g/mol. The highest BCUT2D eigenvalue weighted by Crippen LogP contribution is 2.36. The Labute approximate surface area is 172 Å². The molecule has 1 fully saturated rings. The van der Waals surface area contributed by atoms with Gasteiger partial charge in [-0.1, -0.05) is 53.4 Å². The number of benzene rings is 2. The zero-order valence-electron chi connectivity index (χ0n) is 14.5. The number of nitrogens with zero attached hydrogens (tertiary/aromatic N) is 5. The maximum atomic E-state index is 6.57. The molecule has 1 aliphatic heterocycles. The first-order valence-electron chi connectivity index (χ1n) is 8.87. The maximum Gasteiger partial charge on any atom is 0.178 e. The van der Waals surface area contributed by atoms with Crippen LogP contribution in [0.5, 0.6) is 0 Å². The maximum absolute atomic E-state index is 6.57. The van der Waals surface area contributed by atoms with Gasteiger partial charge in [-0.2, -0.15) is 4.68 Å². The molecule has 1 aromatic heterocycles. The first-order chi connectivity index (χ1) is 13.1. The van der Waals surface area contributed by atoms with Crippen LogP contribution in [0, 0.1) is 0 Å². The lowest BCUT2D eigenvalue weighted by atomic mass is 10.0. The standard InChI is InChI=1S/C19H18Cl3N5/c20-13-5-4-6-15(11-13)27-19(23-24-25-27)18(26-9-2-1-3-10-26)16-8-7-14(21)12-17(16)22/h4-8,11-12,18H,1-3,9-10H2/t18-/m1/s1. The Hall–Kier alpha value is -1.66. The van der Waals surface area contributed by atoms with Crippen LogP contribution in [0.25, 0.3) is 5.69 Å². The molecule has 1 atom stereocenters. The van der Waals surface area contributed by atoms with Gasteiger partial charge in [-0.3, -0.25) is 4.90 Å². The van der Waals surface area contributed by atoms with E-state index >= 15 is 0 Å². The molecular formula is C19H18Cl3N5. The van der Waals surface area contributed by atoms with Gasteiger partial charge in [0, 0.05) is 15.1 Å². The number of piperidine rings is 1. The molecule has 8 heteroatoms. The Bertz CT molecular complexity index is 937. The van der Waals surface area contributed by atoms with Crippen molar-refractivity contribution in [1.29, 1.82) is 0 Å². The van der Waals surface area contributed by atoms with Crippen molar-refractivity contribution in [3.05, 3.63) is 68.9 Å². The van der Waals surface area contributed by atoms with Gasteiger partial charge >= 0.3 is 0 Å². The lowest BCUT2D eigenvalue weighted by Gasteiger charge is -2.34. The summed E-state index contributed by atoms with van der Waals surface area (Å²) in [6.07, 6.45) is 3.51. The van der Waals surface area contributed by atoms with Crippen LogP contribution in [0.2, 0.25) is 15.1 Å². The first kappa shape index (κ1) is 18.7. The second-order valence-electron chi connectivity index (χ2n) is 6.59. The van der Waals surface area contributed by atoms with Crippen LogP contribution in [-0.2, 0) is 0 Å². The molecule has 27 heavy (non-hydrogen) atoms. The quantitative estimate of drug-likeness (QED) is 0.580. The fourth-order valence-electron chi connectivity index (χ4n) is 3.56. The molecule has 0 aliphatic carbocycles. The third kappa shape index (κ3) is 3.97. The summed E-state index contributed by atoms with van der Waals surface area (Å²) in [7, 11) is 0. The van der Waals surface area contributed by atoms with Gasteiger partial charge in [-0.05, 0) is 72.3 Å². The average molecular weight is 423 g/mol. The highest BCUT2D eigenvalue weighted by Gasteiger charge is 2.31. The van der Waals surface area contributed by atoms with E-state index in [4.69, 9.17) is 34.8 Å². The SMILES string of the molecule is Clc1cccc(-n2nnnc2[C@@H](c2ccc(Cl)cc2Cl)N2CCCCC2)c1. The third-order valence-electron chi connectivity index (χ3n) is 4.80. The van der Waals surface area contributed by atoms with Crippen LogP contribution >= 0.6 is 34.8 Å². The molecule has 1 saturated heterocycles. The predicted molar refractivity (Wildman–Crippen MR) is 108 cm³/mol. The summed E-state index contributed by atoms with van der Waals surface area (Å²) in [5, 5.41) is 14.4. The van der Waals surface area contributed by atoms with Gasteiger partial charge in [0.25, 0.3) is 0 Å². The summed E-state index contributed by atoms with van der Waals surface area (Å²) in [4.78, 5) is 2.38. The highest BCUT2D eigenvalue weighted by atomic mass is 35.5. The van der Waals surface area contributed by atoms with Crippen LogP contribution in [0.4, 0.5) is 0 Å². The lowest BCUT2D eigenvalue weighted by molar-refractivity contribution is 0.180. The van der Waals surface area contributed by atoms with Crippen molar-refractivity contribution in [2.45, 2.75) is 25.3 Å². The number of likely N-dealkylation sites (tertiary alicyclic amines) is 1. The van der Waals surface area contributed by atoms with E-state index in [0.717, 1.165) is 37.2 Å². The van der Waals surface area contributed by atoms with Gasteiger partial charge in [0.1, 0.15) is 0 Å². The Morgan fingerprint density at radius 1 is 0.889 bits per heavy atom. The third-order valence-corrected chi connectivity index (χ3v) is 5.60. The minimum Gasteiger partial charge on any atom is -0.290 e. The van der Waals surface area contributed by atoms with Crippen molar-refractivity contribution < 1.29 is 0 Å². The summed E-state index contributed by atoms with van der Waals surface area (Å²) in [6, 6.07) is 12.9. The highest BCUT2D eigenvalue weighted by molar-refractivity contribution is 6.35.